The van der Waals surface area contributed by atoms with Gasteiger partial charge in [-0.1, -0.05) is 50.3 Å². The first kappa shape index (κ1) is 50.8. The monoisotopic (exact) mass is 920 g/mol. The van der Waals surface area contributed by atoms with Crippen molar-refractivity contribution >= 4 is 33.2 Å². The molecule has 0 spiro atoms. The topological polar surface area (TPSA) is 148 Å². The van der Waals surface area contributed by atoms with Crippen molar-refractivity contribution in [3.05, 3.63) is 132 Å². The Balaban J connectivity index is 0.929. The largest absolute Gasteiger partial charge is 0.494 e. The fourth-order valence-corrected chi connectivity index (χ4v) is 8.03. The maximum Gasteiger partial charge on any atom is 0.338 e. The minimum absolute atomic E-state index is 0.192. The number of sulfone groups is 1. The number of ether oxygens (including phenoxy) is 6. The van der Waals surface area contributed by atoms with Crippen molar-refractivity contribution in [1.82, 2.24) is 0 Å². The number of nitrogens with zero attached hydrogens (tertiary/aromatic N) is 2. The van der Waals surface area contributed by atoms with Gasteiger partial charge in [-0.05, 0) is 168 Å². The van der Waals surface area contributed by atoms with Gasteiger partial charge >= 0.3 is 11.9 Å². The second-order valence-corrected chi connectivity index (χ2v) is 17.9. The first-order valence-electron chi connectivity index (χ1n) is 23.1. The van der Waals surface area contributed by atoms with E-state index in [9.17, 15) is 18.0 Å². The van der Waals surface area contributed by atoms with Gasteiger partial charge in [-0.2, -0.15) is 10.2 Å². The summed E-state index contributed by atoms with van der Waals surface area (Å²) in [7, 11) is -2.40. The third kappa shape index (κ3) is 17.6. The number of aryl methyl sites for hydroxylation is 1. The van der Waals surface area contributed by atoms with E-state index in [1.54, 1.807) is 60.7 Å². The molecule has 12 nitrogen and oxygen atoms in total. The van der Waals surface area contributed by atoms with Crippen LogP contribution >= 0.6 is 0 Å². The van der Waals surface area contributed by atoms with Gasteiger partial charge in [-0.15, -0.1) is 0 Å². The maximum atomic E-state index is 13.2. The Morgan fingerprint density at radius 3 is 1.27 bits per heavy atom. The number of azo groups is 1. The number of esters is 2. The van der Waals surface area contributed by atoms with E-state index in [1.165, 1.54) is 38.0 Å². The van der Waals surface area contributed by atoms with Gasteiger partial charge in [0.25, 0.3) is 0 Å². The number of benzene rings is 5. The average Bonchev–Trinajstić information content (AvgIpc) is 3.34. The van der Waals surface area contributed by atoms with Crippen LogP contribution in [0.1, 0.15) is 117 Å². The zero-order valence-corrected chi connectivity index (χ0v) is 39.4. The van der Waals surface area contributed by atoms with Crippen molar-refractivity contribution in [1.29, 1.82) is 0 Å². The molecule has 0 unspecified atom stereocenters. The van der Waals surface area contributed by atoms with Crippen LogP contribution in [0.25, 0.3) is 0 Å². The molecule has 0 aliphatic carbocycles. The van der Waals surface area contributed by atoms with Crippen LogP contribution in [0.3, 0.4) is 0 Å². The number of hydrogen-bond donors (Lipinski definition) is 0. The third-order valence-corrected chi connectivity index (χ3v) is 12.4. The highest BCUT2D eigenvalue weighted by molar-refractivity contribution is 7.91. The van der Waals surface area contributed by atoms with E-state index >= 15 is 0 Å². The van der Waals surface area contributed by atoms with E-state index in [1.807, 2.05) is 55.5 Å². The van der Waals surface area contributed by atoms with Crippen LogP contribution in [0.2, 0.25) is 0 Å². The number of rotatable bonds is 30. The van der Waals surface area contributed by atoms with Crippen LogP contribution in [0.15, 0.2) is 135 Å². The van der Waals surface area contributed by atoms with Gasteiger partial charge in [0, 0.05) is 0 Å². The van der Waals surface area contributed by atoms with Crippen LogP contribution < -0.4 is 18.9 Å². The lowest BCUT2D eigenvalue weighted by Gasteiger charge is -2.11. The van der Waals surface area contributed by atoms with E-state index < -0.39 is 21.8 Å². The molecule has 0 heterocycles. The lowest BCUT2D eigenvalue weighted by molar-refractivity contribution is 0.0496. The van der Waals surface area contributed by atoms with Crippen LogP contribution in [-0.2, 0) is 19.3 Å². The lowest BCUT2D eigenvalue weighted by atomic mass is 10.1. The number of hydrogen-bond acceptors (Lipinski definition) is 12. The Hall–Kier alpha value is -6.21. The molecule has 0 bridgehead atoms. The van der Waals surface area contributed by atoms with Crippen molar-refractivity contribution in [2.24, 2.45) is 10.2 Å². The van der Waals surface area contributed by atoms with E-state index in [-0.39, 0.29) is 27.5 Å². The van der Waals surface area contributed by atoms with E-state index in [0.29, 0.717) is 50.1 Å². The second-order valence-electron chi connectivity index (χ2n) is 16.0. The van der Waals surface area contributed by atoms with Gasteiger partial charge in [0.2, 0.25) is 9.84 Å². The molecule has 66 heavy (non-hydrogen) atoms. The minimum Gasteiger partial charge on any atom is -0.494 e. The Labute approximate surface area is 390 Å². The maximum absolute atomic E-state index is 13.2. The van der Waals surface area contributed by atoms with Gasteiger partial charge in [0.1, 0.15) is 23.0 Å². The molecule has 0 N–H and O–H groups in total. The molecule has 5 aromatic rings. The average molecular weight is 921 g/mol. The van der Waals surface area contributed by atoms with Gasteiger partial charge < -0.3 is 28.4 Å². The van der Waals surface area contributed by atoms with Crippen molar-refractivity contribution in [3.63, 3.8) is 0 Å². The normalized spacial score (nSPS) is 11.3. The lowest BCUT2D eigenvalue weighted by Crippen LogP contribution is -2.10. The fourth-order valence-electron chi connectivity index (χ4n) is 6.77. The number of unbranched alkanes of at least 4 members (excludes halogenated alkanes) is 10. The summed E-state index contributed by atoms with van der Waals surface area (Å²) in [6.07, 6.45) is 12.4. The Morgan fingerprint density at radius 2 is 0.833 bits per heavy atom. The summed E-state index contributed by atoms with van der Waals surface area (Å²) in [5.41, 5.74) is 3.15. The van der Waals surface area contributed by atoms with E-state index in [4.69, 9.17) is 28.4 Å². The summed E-state index contributed by atoms with van der Waals surface area (Å²) in [5.74, 6) is 1.30. The summed E-state index contributed by atoms with van der Waals surface area (Å²) in [4.78, 5) is 25.8. The molecule has 0 aliphatic heterocycles. The fraction of sp³-hybridized carbons (Fsp3) is 0.396. The molecule has 0 amide bonds. The molecule has 0 radical (unpaired) electrons. The van der Waals surface area contributed by atoms with E-state index in [2.05, 4.69) is 17.2 Å². The SMILES string of the molecule is CCCCCCCOc1ccc(S(=O)(=O)c2ccc(OCCCCCCOC(=O)c3cc(OCCCCCCOc4ccc(N=Nc5ccc(C)cc5)cc4)cc(C(=O)OC)c3)cc2)cc1. The molecule has 352 valence electrons. The van der Waals surface area contributed by atoms with Gasteiger partial charge in [0.15, 0.2) is 0 Å². The number of methoxy groups -OCH3 is 1. The third-order valence-electron chi connectivity index (χ3n) is 10.6. The Kier molecular flexibility index (Phi) is 21.5. The first-order valence-corrected chi connectivity index (χ1v) is 24.6. The molecule has 0 aromatic heterocycles. The highest BCUT2D eigenvalue weighted by Gasteiger charge is 2.18. The summed E-state index contributed by atoms with van der Waals surface area (Å²) >= 11 is 0. The molecule has 13 heteroatoms. The predicted molar refractivity (Wildman–Crippen MR) is 256 cm³/mol. The number of carbonyl (C=O) groups is 2. The van der Waals surface area contributed by atoms with Gasteiger partial charge in [-0.3, -0.25) is 0 Å². The minimum atomic E-state index is -3.68. The van der Waals surface area contributed by atoms with Crippen molar-refractivity contribution in [2.75, 3.05) is 40.1 Å². The molecular formula is C53H64N2O10S. The molecule has 5 aromatic carbocycles. The quantitative estimate of drug-likeness (QED) is 0.0247. The molecule has 5 rings (SSSR count). The smallest absolute Gasteiger partial charge is 0.338 e. The van der Waals surface area contributed by atoms with Gasteiger partial charge in [0.05, 0.1) is 72.4 Å². The van der Waals surface area contributed by atoms with Gasteiger partial charge in [-0.25, -0.2) is 18.0 Å². The van der Waals surface area contributed by atoms with Crippen LogP contribution in [0.5, 0.6) is 23.0 Å². The zero-order valence-electron chi connectivity index (χ0n) is 38.6. The molecular weight excluding hydrogens is 857 g/mol. The summed E-state index contributed by atoms with van der Waals surface area (Å²) < 4.78 is 60.3. The predicted octanol–water partition coefficient (Wildman–Crippen LogP) is 13.2. The molecule has 0 aliphatic rings. The van der Waals surface area contributed by atoms with Crippen molar-refractivity contribution in [3.8, 4) is 23.0 Å². The van der Waals surface area contributed by atoms with Crippen molar-refractivity contribution < 1.29 is 46.4 Å². The summed E-state index contributed by atoms with van der Waals surface area (Å²) in [6, 6.07) is 33.0. The highest BCUT2D eigenvalue weighted by Crippen LogP contribution is 2.26. The summed E-state index contributed by atoms with van der Waals surface area (Å²) in [6.45, 7) is 6.52. The zero-order chi connectivity index (χ0) is 46.8. The molecule has 0 saturated heterocycles. The van der Waals surface area contributed by atoms with Crippen molar-refractivity contribution in [2.45, 2.75) is 107 Å². The first-order chi connectivity index (χ1) is 32.1. The number of carbonyl (C=O) groups excluding carboxylic acids is 2. The molecule has 0 atom stereocenters. The standard InChI is InChI=1S/C53H64N2O10S/c1-4-5-6-7-12-33-62-47-25-29-50(30-26-47)66(58,59)51-31-27-48(28-32-51)63-35-14-10-11-16-37-65-53(57)43-38-42(52(56)60-3)39-49(40-43)64-36-15-9-8-13-34-61-46-23-21-45(22-24-46)55-54-44-19-17-41(2)18-20-44/h17-32,38-40H,4-16,33-37H2,1-3H3. The summed E-state index contributed by atoms with van der Waals surface area (Å²) in [5, 5.41) is 8.56. The van der Waals surface area contributed by atoms with E-state index in [0.717, 1.165) is 74.9 Å². The van der Waals surface area contributed by atoms with Crippen LogP contribution in [-0.4, -0.2) is 60.5 Å². The second kappa shape index (κ2) is 28.0. The molecule has 0 saturated carbocycles. The van der Waals surface area contributed by atoms with Crippen LogP contribution in [0.4, 0.5) is 11.4 Å². The molecule has 0 fully saturated rings. The Bertz CT molecular complexity index is 2350. The highest BCUT2D eigenvalue weighted by atomic mass is 32.2. The van der Waals surface area contributed by atoms with Crippen LogP contribution in [0, 0.1) is 6.92 Å². The Morgan fingerprint density at radius 1 is 0.455 bits per heavy atom.